The number of hydrogen-bond donors (Lipinski definition) is 2. The first-order valence-corrected chi connectivity index (χ1v) is 10.9. The molecule has 7 nitrogen and oxygen atoms in total. The van der Waals surface area contributed by atoms with Crippen molar-refractivity contribution in [2.24, 2.45) is 0 Å². The van der Waals surface area contributed by atoms with Gasteiger partial charge in [0.1, 0.15) is 5.82 Å². The molecule has 2 aromatic carbocycles. The van der Waals surface area contributed by atoms with E-state index in [2.05, 4.69) is 0 Å². The zero-order valence-electron chi connectivity index (χ0n) is 17.1. The molecule has 10 heteroatoms. The smallest absolute Gasteiger partial charge is 0.408 e. The quantitative estimate of drug-likeness (QED) is 0.620. The van der Waals surface area contributed by atoms with E-state index in [-0.39, 0.29) is 10.5 Å². The molecule has 0 saturated carbocycles. The first-order valence-electron chi connectivity index (χ1n) is 9.09. The number of nitrogens with one attached hydrogen (secondary N) is 1. The topological polar surface area (TPSA) is 104 Å². The SMILES string of the molecule is CC(C)(C)N(CC(=Cc1ccc(F)cc1)C(=O)NS(=O)(=O)c1ccc(Cl)cc1)C(=O)O. The predicted octanol–water partition coefficient (Wildman–Crippen LogP) is 4.15. The molecule has 2 rings (SSSR count). The molecule has 2 aromatic rings. The Balaban J connectivity index is 2.43. The maximum Gasteiger partial charge on any atom is 0.408 e. The Bertz CT molecular complexity index is 1090. The van der Waals surface area contributed by atoms with Crippen LogP contribution in [0.4, 0.5) is 9.18 Å². The number of carboxylic acid groups (broad SMARTS) is 1. The van der Waals surface area contributed by atoms with Crippen LogP contribution in [0, 0.1) is 5.82 Å². The number of halogens is 2. The van der Waals surface area contributed by atoms with E-state index in [1.54, 1.807) is 20.8 Å². The average molecular weight is 469 g/mol. The minimum Gasteiger partial charge on any atom is -0.465 e. The van der Waals surface area contributed by atoms with Crippen LogP contribution in [0.15, 0.2) is 59.0 Å². The number of benzene rings is 2. The molecule has 0 radical (unpaired) electrons. The van der Waals surface area contributed by atoms with Gasteiger partial charge in [-0.2, -0.15) is 0 Å². The van der Waals surface area contributed by atoms with Gasteiger partial charge in [0.25, 0.3) is 15.9 Å². The Hall–Kier alpha value is -2.91. The summed E-state index contributed by atoms with van der Waals surface area (Å²) in [6.45, 7) is 4.52. The number of carbonyl (C=O) groups excluding carboxylic acids is 1. The van der Waals surface area contributed by atoms with Crippen LogP contribution in [-0.2, 0) is 14.8 Å². The lowest BCUT2D eigenvalue weighted by Gasteiger charge is -2.33. The van der Waals surface area contributed by atoms with Crippen LogP contribution in [-0.4, -0.2) is 42.5 Å². The largest absolute Gasteiger partial charge is 0.465 e. The second-order valence-electron chi connectivity index (χ2n) is 7.65. The van der Waals surface area contributed by atoms with Gasteiger partial charge in [0.05, 0.1) is 11.4 Å². The molecule has 0 heterocycles. The molecule has 2 N–H and O–H groups in total. The Kier molecular flexibility index (Phi) is 7.45. The maximum atomic E-state index is 13.2. The molecule has 0 aliphatic rings. The van der Waals surface area contributed by atoms with E-state index < -0.39 is 39.9 Å². The highest BCUT2D eigenvalue weighted by molar-refractivity contribution is 7.90. The summed E-state index contributed by atoms with van der Waals surface area (Å²) in [4.78, 5) is 25.4. The second-order valence-corrected chi connectivity index (χ2v) is 9.77. The Labute approximate surface area is 185 Å². The third kappa shape index (κ3) is 6.80. The maximum absolute atomic E-state index is 13.2. The van der Waals surface area contributed by atoms with Gasteiger partial charge in [0.2, 0.25) is 0 Å². The molecule has 0 spiro atoms. The number of rotatable bonds is 6. The normalized spacial score (nSPS) is 12.4. The van der Waals surface area contributed by atoms with Crippen molar-refractivity contribution in [2.45, 2.75) is 31.2 Å². The van der Waals surface area contributed by atoms with Crippen LogP contribution in [0.5, 0.6) is 0 Å². The Morgan fingerprint density at radius 2 is 1.65 bits per heavy atom. The van der Waals surface area contributed by atoms with Crippen LogP contribution in [0.2, 0.25) is 5.02 Å². The molecule has 0 bridgehead atoms. The van der Waals surface area contributed by atoms with Crippen molar-refractivity contribution >= 4 is 39.7 Å². The monoisotopic (exact) mass is 468 g/mol. The highest BCUT2D eigenvalue weighted by Gasteiger charge is 2.30. The minimum absolute atomic E-state index is 0.138. The molecule has 0 fully saturated rings. The van der Waals surface area contributed by atoms with Crippen LogP contribution in [0.25, 0.3) is 6.08 Å². The fourth-order valence-corrected chi connectivity index (χ4v) is 3.68. The molecule has 31 heavy (non-hydrogen) atoms. The van der Waals surface area contributed by atoms with E-state index in [0.29, 0.717) is 10.6 Å². The lowest BCUT2D eigenvalue weighted by Crippen LogP contribution is -2.47. The third-order valence-electron chi connectivity index (χ3n) is 4.22. The first kappa shape index (κ1) is 24.4. The zero-order valence-corrected chi connectivity index (χ0v) is 18.7. The summed E-state index contributed by atoms with van der Waals surface area (Å²) >= 11 is 5.77. The average Bonchev–Trinajstić information content (AvgIpc) is 2.65. The van der Waals surface area contributed by atoms with Crippen molar-refractivity contribution in [1.82, 2.24) is 9.62 Å². The molecule has 0 aliphatic heterocycles. The number of amides is 2. The summed E-state index contributed by atoms with van der Waals surface area (Å²) in [5.41, 5.74) is -0.612. The molecular weight excluding hydrogens is 447 g/mol. The summed E-state index contributed by atoms with van der Waals surface area (Å²) in [6.07, 6.45) is 0.0271. The standard InChI is InChI=1S/C21H22ClFN2O5S/c1-21(2,3)25(20(27)28)13-15(12-14-4-8-17(23)9-5-14)19(26)24-31(29,30)18-10-6-16(22)7-11-18/h4-12H,13H2,1-3H3,(H,24,26)(H,27,28). The zero-order chi connectivity index (χ0) is 23.4. The van der Waals surface area contributed by atoms with Gasteiger partial charge in [0, 0.05) is 16.1 Å². The van der Waals surface area contributed by atoms with E-state index in [9.17, 15) is 27.5 Å². The first-order chi connectivity index (χ1) is 14.3. The van der Waals surface area contributed by atoms with E-state index in [4.69, 9.17) is 11.6 Å². The van der Waals surface area contributed by atoms with Crippen LogP contribution < -0.4 is 4.72 Å². The highest BCUT2D eigenvalue weighted by atomic mass is 35.5. The van der Waals surface area contributed by atoms with Crippen LogP contribution in [0.1, 0.15) is 26.3 Å². The number of nitrogens with zero attached hydrogens (tertiary/aromatic N) is 1. The highest BCUT2D eigenvalue weighted by Crippen LogP contribution is 2.19. The minimum atomic E-state index is -4.24. The van der Waals surface area contributed by atoms with Crippen molar-refractivity contribution in [3.05, 3.63) is 70.5 Å². The van der Waals surface area contributed by atoms with Gasteiger partial charge in [-0.3, -0.25) is 9.69 Å². The second kappa shape index (κ2) is 9.49. The Morgan fingerprint density at radius 3 is 2.13 bits per heavy atom. The molecule has 0 saturated heterocycles. The lowest BCUT2D eigenvalue weighted by molar-refractivity contribution is -0.116. The summed E-state index contributed by atoms with van der Waals surface area (Å²) in [5, 5.41) is 9.89. The van der Waals surface area contributed by atoms with Crippen molar-refractivity contribution in [1.29, 1.82) is 0 Å². The molecule has 0 atom stereocenters. The van der Waals surface area contributed by atoms with E-state index in [1.165, 1.54) is 54.6 Å². The molecule has 0 unspecified atom stereocenters. The summed E-state index contributed by atoms with van der Waals surface area (Å²) in [7, 11) is -4.24. The van der Waals surface area contributed by atoms with Crippen LogP contribution >= 0.6 is 11.6 Å². The fraction of sp³-hybridized carbons (Fsp3) is 0.238. The van der Waals surface area contributed by atoms with Crippen molar-refractivity contribution < 1.29 is 27.5 Å². The van der Waals surface area contributed by atoms with Gasteiger partial charge in [0.15, 0.2) is 0 Å². The molecule has 0 aromatic heterocycles. The van der Waals surface area contributed by atoms with E-state index >= 15 is 0 Å². The molecular formula is C21H22ClFN2O5S. The van der Waals surface area contributed by atoms with Crippen molar-refractivity contribution in [3.63, 3.8) is 0 Å². The fourth-order valence-electron chi connectivity index (χ4n) is 2.57. The van der Waals surface area contributed by atoms with Gasteiger partial charge in [-0.1, -0.05) is 23.7 Å². The number of hydrogen-bond acceptors (Lipinski definition) is 4. The summed E-state index contributed by atoms with van der Waals surface area (Å²) < 4.78 is 40.3. The number of sulfonamides is 1. The summed E-state index contributed by atoms with van der Waals surface area (Å²) in [6, 6.07) is 10.3. The molecule has 166 valence electrons. The lowest BCUT2D eigenvalue weighted by atomic mass is 10.0. The van der Waals surface area contributed by atoms with E-state index in [1.807, 2.05) is 4.72 Å². The third-order valence-corrected chi connectivity index (χ3v) is 5.82. The van der Waals surface area contributed by atoms with E-state index in [0.717, 1.165) is 4.90 Å². The predicted molar refractivity (Wildman–Crippen MR) is 116 cm³/mol. The van der Waals surface area contributed by atoms with Crippen molar-refractivity contribution in [3.8, 4) is 0 Å². The van der Waals surface area contributed by atoms with Gasteiger partial charge in [-0.15, -0.1) is 0 Å². The summed E-state index contributed by atoms with van der Waals surface area (Å²) in [5.74, 6) is -1.50. The van der Waals surface area contributed by atoms with Gasteiger partial charge >= 0.3 is 6.09 Å². The Morgan fingerprint density at radius 1 is 1.10 bits per heavy atom. The van der Waals surface area contributed by atoms with Crippen LogP contribution in [0.3, 0.4) is 0 Å². The van der Waals surface area contributed by atoms with Gasteiger partial charge in [-0.05, 0) is 68.8 Å². The number of carbonyl (C=O) groups is 2. The molecule has 0 aliphatic carbocycles. The van der Waals surface area contributed by atoms with Crippen molar-refractivity contribution in [2.75, 3.05) is 6.54 Å². The van der Waals surface area contributed by atoms with Gasteiger partial charge < -0.3 is 5.11 Å². The molecule has 2 amide bonds. The van der Waals surface area contributed by atoms with Gasteiger partial charge in [-0.25, -0.2) is 22.3 Å².